The van der Waals surface area contributed by atoms with Gasteiger partial charge in [-0.25, -0.2) is 4.79 Å². The Labute approximate surface area is 166 Å². The van der Waals surface area contributed by atoms with Crippen LogP contribution in [-0.2, 0) is 30.3 Å². The molecule has 3 rings (SSSR count). The summed E-state index contributed by atoms with van der Waals surface area (Å²) < 4.78 is 16.1. The average Bonchev–Trinajstić information content (AvgIpc) is 3.25. The van der Waals surface area contributed by atoms with Crippen LogP contribution in [0.3, 0.4) is 0 Å². The van der Waals surface area contributed by atoms with E-state index < -0.39 is 12.1 Å². The summed E-state index contributed by atoms with van der Waals surface area (Å²) in [5, 5.41) is 0. The summed E-state index contributed by atoms with van der Waals surface area (Å²) in [5.74, 6) is -0.659. The number of amides is 1. The summed E-state index contributed by atoms with van der Waals surface area (Å²) in [6, 6.07) is 10.3. The van der Waals surface area contributed by atoms with E-state index in [4.69, 9.17) is 14.2 Å². The maximum Gasteiger partial charge on any atom is 0.335 e. The van der Waals surface area contributed by atoms with Crippen molar-refractivity contribution in [1.29, 1.82) is 0 Å². The molecule has 0 aliphatic carbocycles. The summed E-state index contributed by atoms with van der Waals surface area (Å²) in [6.07, 6.45) is 1.35. The molecule has 0 saturated carbocycles. The molecule has 0 N–H and O–H groups in total. The van der Waals surface area contributed by atoms with E-state index in [0.29, 0.717) is 19.7 Å². The van der Waals surface area contributed by atoms with Crippen molar-refractivity contribution in [2.75, 3.05) is 46.0 Å². The maximum absolute atomic E-state index is 12.3. The summed E-state index contributed by atoms with van der Waals surface area (Å²) >= 11 is 0. The van der Waals surface area contributed by atoms with Gasteiger partial charge in [0.15, 0.2) is 12.7 Å². The van der Waals surface area contributed by atoms with Crippen LogP contribution >= 0.6 is 0 Å². The van der Waals surface area contributed by atoms with Gasteiger partial charge < -0.3 is 19.1 Å². The molecule has 1 amide bonds. The molecule has 28 heavy (non-hydrogen) atoms. The van der Waals surface area contributed by atoms with Gasteiger partial charge in [0, 0.05) is 39.3 Å². The first-order chi connectivity index (χ1) is 13.6. The Hall–Kier alpha value is -1.96. The van der Waals surface area contributed by atoms with Crippen molar-refractivity contribution in [2.45, 2.75) is 38.5 Å². The van der Waals surface area contributed by atoms with Crippen LogP contribution < -0.4 is 0 Å². The van der Waals surface area contributed by atoms with Crippen molar-refractivity contribution in [3.63, 3.8) is 0 Å². The fourth-order valence-electron chi connectivity index (χ4n) is 3.43. The maximum atomic E-state index is 12.3. The molecular weight excluding hydrogens is 360 g/mol. The van der Waals surface area contributed by atoms with Crippen LogP contribution in [0.1, 0.15) is 25.3 Å². The van der Waals surface area contributed by atoms with E-state index in [-0.39, 0.29) is 18.6 Å². The van der Waals surface area contributed by atoms with E-state index in [1.807, 2.05) is 18.2 Å². The van der Waals surface area contributed by atoms with Gasteiger partial charge in [-0.2, -0.15) is 0 Å². The smallest absolute Gasteiger partial charge is 0.335 e. The van der Waals surface area contributed by atoms with E-state index >= 15 is 0 Å². The number of piperazine rings is 1. The Kier molecular flexibility index (Phi) is 7.82. The van der Waals surface area contributed by atoms with Crippen molar-refractivity contribution in [3.05, 3.63) is 35.9 Å². The summed E-state index contributed by atoms with van der Waals surface area (Å²) in [5.41, 5.74) is 1.27. The van der Waals surface area contributed by atoms with Gasteiger partial charge >= 0.3 is 5.97 Å². The highest BCUT2D eigenvalue weighted by Crippen LogP contribution is 2.13. The lowest BCUT2D eigenvalue weighted by molar-refractivity contribution is -0.163. The molecule has 0 aromatic heterocycles. The van der Waals surface area contributed by atoms with Crippen molar-refractivity contribution < 1.29 is 23.8 Å². The van der Waals surface area contributed by atoms with Gasteiger partial charge in [-0.1, -0.05) is 30.3 Å². The van der Waals surface area contributed by atoms with Gasteiger partial charge in [-0.15, -0.1) is 0 Å². The van der Waals surface area contributed by atoms with Crippen molar-refractivity contribution >= 4 is 11.9 Å². The standard InChI is InChI=1S/C21H30N2O5/c1-17(27-15-19-8-5-13-26-19)21(25)28-16-20(24)23-11-9-22(10-12-23)14-18-6-3-2-4-7-18/h2-4,6-7,17,19H,5,8-16H2,1H3. The lowest BCUT2D eigenvalue weighted by Gasteiger charge is -2.34. The minimum Gasteiger partial charge on any atom is -0.454 e. The first kappa shape index (κ1) is 20.8. The van der Waals surface area contributed by atoms with Crippen molar-refractivity contribution in [1.82, 2.24) is 9.80 Å². The third-order valence-corrected chi connectivity index (χ3v) is 5.20. The van der Waals surface area contributed by atoms with Crippen molar-refractivity contribution in [2.24, 2.45) is 0 Å². The molecule has 2 atom stereocenters. The second-order valence-electron chi connectivity index (χ2n) is 7.36. The van der Waals surface area contributed by atoms with Crippen LogP contribution in [-0.4, -0.2) is 79.9 Å². The largest absolute Gasteiger partial charge is 0.454 e. The minimum atomic E-state index is -0.695. The van der Waals surface area contributed by atoms with Crippen LogP contribution in [0, 0.1) is 0 Å². The lowest BCUT2D eigenvalue weighted by Crippen LogP contribution is -2.49. The van der Waals surface area contributed by atoms with Gasteiger partial charge in [0.25, 0.3) is 5.91 Å². The quantitative estimate of drug-likeness (QED) is 0.626. The number of nitrogens with zero attached hydrogens (tertiary/aromatic N) is 2. The Morgan fingerprint density at radius 1 is 1.18 bits per heavy atom. The molecule has 0 spiro atoms. The number of esters is 1. The second-order valence-corrected chi connectivity index (χ2v) is 7.36. The average molecular weight is 390 g/mol. The lowest BCUT2D eigenvalue weighted by atomic mass is 10.2. The zero-order valence-electron chi connectivity index (χ0n) is 16.5. The Morgan fingerprint density at radius 3 is 2.61 bits per heavy atom. The fraction of sp³-hybridized carbons (Fsp3) is 0.619. The van der Waals surface area contributed by atoms with E-state index in [9.17, 15) is 9.59 Å². The van der Waals surface area contributed by atoms with Gasteiger partial charge in [0.05, 0.1) is 12.7 Å². The van der Waals surface area contributed by atoms with Crippen LogP contribution in [0.2, 0.25) is 0 Å². The van der Waals surface area contributed by atoms with Gasteiger partial charge in [0.1, 0.15) is 0 Å². The first-order valence-electron chi connectivity index (χ1n) is 10.1. The molecule has 2 heterocycles. The predicted octanol–water partition coefficient (Wildman–Crippen LogP) is 1.46. The molecule has 2 aliphatic heterocycles. The van der Waals surface area contributed by atoms with E-state index in [2.05, 4.69) is 17.0 Å². The number of benzene rings is 1. The first-order valence-corrected chi connectivity index (χ1v) is 10.1. The summed E-state index contributed by atoms with van der Waals surface area (Å²) in [6.45, 7) is 6.35. The molecule has 7 heteroatoms. The van der Waals surface area contributed by atoms with Crippen LogP contribution in [0.25, 0.3) is 0 Å². The topological polar surface area (TPSA) is 68.3 Å². The van der Waals surface area contributed by atoms with Crippen LogP contribution in [0.5, 0.6) is 0 Å². The highest BCUT2D eigenvalue weighted by Gasteiger charge is 2.24. The summed E-state index contributed by atoms with van der Waals surface area (Å²) in [4.78, 5) is 28.4. The molecule has 0 bridgehead atoms. The molecule has 1 aromatic carbocycles. The van der Waals surface area contributed by atoms with Gasteiger partial charge in [-0.05, 0) is 25.3 Å². The monoisotopic (exact) mass is 390 g/mol. The van der Waals surface area contributed by atoms with E-state index in [1.165, 1.54) is 5.56 Å². The third kappa shape index (κ3) is 6.29. The van der Waals surface area contributed by atoms with Gasteiger partial charge in [0.2, 0.25) is 0 Å². The molecule has 0 radical (unpaired) electrons. The number of ether oxygens (including phenoxy) is 3. The van der Waals surface area contributed by atoms with Crippen LogP contribution in [0.15, 0.2) is 30.3 Å². The predicted molar refractivity (Wildman–Crippen MR) is 104 cm³/mol. The molecule has 2 unspecified atom stereocenters. The SMILES string of the molecule is CC(OCC1CCCO1)C(=O)OCC(=O)N1CCN(Cc2ccccc2)CC1. The number of hydrogen-bond acceptors (Lipinski definition) is 6. The Balaban J connectivity index is 1.32. The molecule has 7 nitrogen and oxygen atoms in total. The van der Waals surface area contributed by atoms with Crippen LogP contribution in [0.4, 0.5) is 0 Å². The zero-order valence-corrected chi connectivity index (χ0v) is 16.5. The molecule has 154 valence electrons. The number of hydrogen-bond donors (Lipinski definition) is 0. The Morgan fingerprint density at radius 2 is 1.93 bits per heavy atom. The molecule has 2 fully saturated rings. The zero-order chi connectivity index (χ0) is 19.8. The highest BCUT2D eigenvalue weighted by atomic mass is 16.6. The fourth-order valence-corrected chi connectivity index (χ4v) is 3.43. The number of carbonyl (C=O) groups is 2. The number of carbonyl (C=O) groups excluding carboxylic acids is 2. The van der Waals surface area contributed by atoms with E-state index in [0.717, 1.165) is 39.1 Å². The Bertz CT molecular complexity index is 625. The van der Waals surface area contributed by atoms with Crippen molar-refractivity contribution in [3.8, 4) is 0 Å². The third-order valence-electron chi connectivity index (χ3n) is 5.20. The molecule has 1 aromatic rings. The molecular formula is C21H30N2O5. The summed E-state index contributed by atoms with van der Waals surface area (Å²) in [7, 11) is 0. The number of rotatable bonds is 8. The second kappa shape index (κ2) is 10.5. The highest BCUT2D eigenvalue weighted by molar-refractivity contribution is 5.82. The minimum absolute atomic E-state index is 0.0593. The molecule has 2 saturated heterocycles. The molecule has 2 aliphatic rings. The normalized spacial score (nSPS) is 21.5. The van der Waals surface area contributed by atoms with E-state index in [1.54, 1.807) is 11.8 Å². The van der Waals surface area contributed by atoms with Gasteiger partial charge in [-0.3, -0.25) is 9.69 Å².